The van der Waals surface area contributed by atoms with Crippen LogP contribution in [0.25, 0.3) is 22.4 Å². The Morgan fingerprint density at radius 3 is 2.55 bits per heavy atom. The van der Waals surface area contributed by atoms with Gasteiger partial charge in [0.1, 0.15) is 11.5 Å². The van der Waals surface area contributed by atoms with Crippen molar-refractivity contribution in [1.82, 2.24) is 14.6 Å². The molecular weight excluding hydrogens is 410 g/mol. The van der Waals surface area contributed by atoms with Gasteiger partial charge in [0.15, 0.2) is 5.82 Å². The molecule has 0 saturated carbocycles. The number of hydrogen-bond donors (Lipinski definition) is 0. The van der Waals surface area contributed by atoms with Crippen molar-refractivity contribution in [3.8, 4) is 22.9 Å². The average Bonchev–Trinajstić information content (AvgIpc) is 3.33. The Kier molecular flexibility index (Phi) is 6.62. The number of fused-ring (bicyclic) bond motifs is 1. The number of hydrogen-bond acceptors (Lipinski definition) is 6. The van der Waals surface area contributed by atoms with Crippen molar-refractivity contribution in [3.05, 3.63) is 69.0 Å². The molecule has 0 bridgehead atoms. The van der Waals surface area contributed by atoms with Gasteiger partial charge in [-0.1, -0.05) is 49.8 Å². The maximum absolute atomic E-state index is 12.9. The SMILES string of the molecule is CCCCOc1ccc(-c2nc3s/c(=C/c4ccccc4OCCC)c(=O)n3n2)cc1. The molecule has 4 rings (SSSR count). The van der Waals surface area contributed by atoms with Crippen LogP contribution in [0.2, 0.25) is 0 Å². The Hall–Kier alpha value is -3.19. The number of para-hydroxylation sites is 1. The van der Waals surface area contributed by atoms with E-state index in [4.69, 9.17) is 9.47 Å². The molecule has 2 aromatic carbocycles. The number of unbranched alkanes of at least 4 members (excludes halogenated alkanes) is 1. The van der Waals surface area contributed by atoms with E-state index in [9.17, 15) is 4.79 Å². The standard InChI is InChI=1S/C24H25N3O3S/c1-3-5-15-29-19-12-10-17(11-13-19)22-25-24-27(26-22)23(28)21(31-24)16-18-8-6-7-9-20(18)30-14-4-2/h6-13,16H,3-5,14-15H2,1-2H3/b21-16+. The van der Waals surface area contributed by atoms with Crippen LogP contribution in [0.4, 0.5) is 0 Å². The van der Waals surface area contributed by atoms with Gasteiger partial charge >= 0.3 is 0 Å². The van der Waals surface area contributed by atoms with Gasteiger partial charge in [-0.15, -0.1) is 5.10 Å². The Balaban J connectivity index is 1.61. The predicted octanol–water partition coefficient (Wildman–Crippen LogP) is 4.33. The van der Waals surface area contributed by atoms with Gasteiger partial charge in [-0.25, -0.2) is 0 Å². The van der Waals surface area contributed by atoms with E-state index in [0.29, 0.717) is 28.5 Å². The summed E-state index contributed by atoms with van der Waals surface area (Å²) in [6, 6.07) is 15.4. The van der Waals surface area contributed by atoms with Gasteiger partial charge in [0, 0.05) is 11.1 Å². The summed E-state index contributed by atoms with van der Waals surface area (Å²) in [6.07, 6.45) is 4.89. The largest absolute Gasteiger partial charge is 0.494 e. The normalized spacial score (nSPS) is 11.9. The molecule has 2 aromatic heterocycles. The van der Waals surface area contributed by atoms with Crippen molar-refractivity contribution >= 4 is 22.4 Å². The van der Waals surface area contributed by atoms with Crippen LogP contribution in [0.3, 0.4) is 0 Å². The third-order valence-electron chi connectivity index (χ3n) is 4.73. The molecule has 0 N–H and O–H groups in total. The predicted molar refractivity (Wildman–Crippen MR) is 124 cm³/mol. The molecule has 0 unspecified atom stereocenters. The lowest BCUT2D eigenvalue weighted by molar-refractivity contribution is 0.309. The van der Waals surface area contributed by atoms with E-state index >= 15 is 0 Å². The molecule has 2 heterocycles. The van der Waals surface area contributed by atoms with Crippen LogP contribution in [0, 0.1) is 0 Å². The third kappa shape index (κ3) is 4.77. The van der Waals surface area contributed by atoms with Crippen LogP contribution in [-0.2, 0) is 0 Å². The van der Waals surface area contributed by atoms with Crippen LogP contribution >= 0.6 is 11.3 Å². The zero-order chi connectivity index (χ0) is 21.6. The summed E-state index contributed by atoms with van der Waals surface area (Å²) in [4.78, 5) is 18.0. The topological polar surface area (TPSA) is 65.7 Å². The van der Waals surface area contributed by atoms with Gasteiger partial charge in [0.05, 0.1) is 17.7 Å². The molecule has 0 aliphatic carbocycles. The lowest BCUT2D eigenvalue weighted by Gasteiger charge is -2.07. The van der Waals surface area contributed by atoms with Crippen molar-refractivity contribution < 1.29 is 9.47 Å². The average molecular weight is 436 g/mol. The summed E-state index contributed by atoms with van der Waals surface area (Å²) in [5, 5.41) is 4.43. The maximum Gasteiger partial charge on any atom is 0.291 e. The number of ether oxygens (including phenoxy) is 2. The van der Waals surface area contributed by atoms with Crippen molar-refractivity contribution in [2.75, 3.05) is 13.2 Å². The zero-order valence-corrected chi connectivity index (χ0v) is 18.5. The van der Waals surface area contributed by atoms with E-state index in [2.05, 4.69) is 23.9 Å². The Morgan fingerprint density at radius 1 is 1.00 bits per heavy atom. The number of benzene rings is 2. The Morgan fingerprint density at radius 2 is 1.81 bits per heavy atom. The number of nitrogens with zero attached hydrogens (tertiary/aromatic N) is 3. The fraction of sp³-hybridized carbons (Fsp3) is 0.292. The third-order valence-corrected chi connectivity index (χ3v) is 5.69. The Labute approximate surface area is 184 Å². The molecule has 0 amide bonds. The second-order valence-corrected chi connectivity index (χ2v) is 8.17. The summed E-state index contributed by atoms with van der Waals surface area (Å²) in [5.41, 5.74) is 1.54. The molecule has 0 radical (unpaired) electrons. The maximum atomic E-state index is 12.9. The Bertz CT molecular complexity index is 1260. The molecule has 160 valence electrons. The zero-order valence-electron chi connectivity index (χ0n) is 17.7. The number of rotatable bonds is 9. The van der Waals surface area contributed by atoms with E-state index in [1.807, 2.05) is 54.6 Å². The first-order valence-corrected chi connectivity index (χ1v) is 11.4. The van der Waals surface area contributed by atoms with E-state index < -0.39 is 0 Å². The molecular formula is C24H25N3O3S. The van der Waals surface area contributed by atoms with Crippen LogP contribution in [0.1, 0.15) is 38.7 Å². The molecule has 0 spiro atoms. The molecule has 31 heavy (non-hydrogen) atoms. The van der Waals surface area contributed by atoms with Crippen LogP contribution in [0.5, 0.6) is 11.5 Å². The van der Waals surface area contributed by atoms with Gasteiger partial charge < -0.3 is 9.47 Å². The highest BCUT2D eigenvalue weighted by Gasteiger charge is 2.12. The van der Waals surface area contributed by atoms with Gasteiger partial charge in [-0.05, 0) is 49.2 Å². The highest BCUT2D eigenvalue weighted by molar-refractivity contribution is 7.15. The number of thiazole rings is 1. The molecule has 6 nitrogen and oxygen atoms in total. The van der Waals surface area contributed by atoms with Crippen LogP contribution in [-0.4, -0.2) is 27.8 Å². The summed E-state index contributed by atoms with van der Waals surface area (Å²) < 4.78 is 13.4. The van der Waals surface area contributed by atoms with Crippen molar-refractivity contribution in [2.24, 2.45) is 0 Å². The molecule has 0 atom stereocenters. The minimum absolute atomic E-state index is 0.177. The van der Waals surface area contributed by atoms with E-state index in [1.54, 1.807) is 0 Å². The molecule has 0 fully saturated rings. The van der Waals surface area contributed by atoms with E-state index in [-0.39, 0.29) is 5.56 Å². The minimum atomic E-state index is -0.177. The number of aromatic nitrogens is 3. The summed E-state index contributed by atoms with van der Waals surface area (Å²) in [7, 11) is 0. The smallest absolute Gasteiger partial charge is 0.291 e. The summed E-state index contributed by atoms with van der Waals surface area (Å²) in [6.45, 7) is 5.54. The first-order chi connectivity index (χ1) is 15.2. The summed E-state index contributed by atoms with van der Waals surface area (Å²) in [5.74, 6) is 2.12. The highest BCUT2D eigenvalue weighted by Crippen LogP contribution is 2.21. The quantitative estimate of drug-likeness (QED) is 0.366. The molecule has 0 aliphatic heterocycles. The fourth-order valence-electron chi connectivity index (χ4n) is 3.08. The molecule has 0 aliphatic rings. The van der Waals surface area contributed by atoms with E-state index in [0.717, 1.165) is 41.9 Å². The highest BCUT2D eigenvalue weighted by atomic mass is 32.1. The first-order valence-electron chi connectivity index (χ1n) is 10.6. The van der Waals surface area contributed by atoms with E-state index in [1.165, 1.54) is 15.9 Å². The monoisotopic (exact) mass is 435 g/mol. The lowest BCUT2D eigenvalue weighted by Crippen LogP contribution is -2.23. The molecule has 4 aromatic rings. The first kappa shape index (κ1) is 21.1. The van der Waals surface area contributed by atoms with Gasteiger partial charge in [-0.2, -0.15) is 9.50 Å². The van der Waals surface area contributed by atoms with Crippen molar-refractivity contribution in [3.63, 3.8) is 0 Å². The van der Waals surface area contributed by atoms with Crippen LogP contribution in [0.15, 0.2) is 53.3 Å². The molecule has 0 saturated heterocycles. The fourth-order valence-corrected chi connectivity index (χ4v) is 3.97. The second-order valence-electron chi connectivity index (χ2n) is 7.16. The van der Waals surface area contributed by atoms with Crippen molar-refractivity contribution in [2.45, 2.75) is 33.1 Å². The summed E-state index contributed by atoms with van der Waals surface area (Å²) >= 11 is 1.32. The lowest BCUT2D eigenvalue weighted by atomic mass is 10.2. The molecule has 7 heteroatoms. The van der Waals surface area contributed by atoms with Gasteiger partial charge in [0.2, 0.25) is 4.96 Å². The second kappa shape index (κ2) is 9.75. The van der Waals surface area contributed by atoms with Gasteiger partial charge in [-0.3, -0.25) is 4.79 Å². The van der Waals surface area contributed by atoms with Crippen LogP contribution < -0.4 is 19.6 Å². The minimum Gasteiger partial charge on any atom is -0.494 e. The van der Waals surface area contributed by atoms with Crippen molar-refractivity contribution in [1.29, 1.82) is 0 Å². The van der Waals surface area contributed by atoms with Gasteiger partial charge in [0.25, 0.3) is 5.56 Å².